The van der Waals surface area contributed by atoms with Gasteiger partial charge >= 0.3 is 6.18 Å². The molecule has 4 nitrogen and oxygen atoms in total. The third kappa shape index (κ3) is 1.49. The number of aryl methyl sites for hydroxylation is 1. The van der Waals surface area contributed by atoms with Crippen LogP contribution in [0.2, 0.25) is 0 Å². The SMILES string of the molecule is Cn1ccn2cc(C(F)(F)F)nc2c1=O. The van der Waals surface area contributed by atoms with Crippen LogP contribution in [0.15, 0.2) is 23.4 Å². The van der Waals surface area contributed by atoms with Crippen molar-refractivity contribution < 1.29 is 13.2 Å². The van der Waals surface area contributed by atoms with Crippen molar-refractivity contribution in [1.29, 1.82) is 0 Å². The average Bonchev–Trinajstić information content (AvgIpc) is 2.55. The van der Waals surface area contributed by atoms with Crippen LogP contribution in [0.4, 0.5) is 13.2 Å². The van der Waals surface area contributed by atoms with Crippen molar-refractivity contribution in [2.75, 3.05) is 0 Å². The Morgan fingerprint density at radius 2 is 2.00 bits per heavy atom. The first-order valence-corrected chi connectivity index (χ1v) is 4.01. The van der Waals surface area contributed by atoms with Gasteiger partial charge in [0.05, 0.1) is 0 Å². The van der Waals surface area contributed by atoms with E-state index in [1.54, 1.807) is 0 Å². The van der Waals surface area contributed by atoms with Crippen LogP contribution in [-0.4, -0.2) is 14.0 Å². The molecule has 80 valence electrons. The first-order valence-electron chi connectivity index (χ1n) is 4.01. The van der Waals surface area contributed by atoms with Gasteiger partial charge in [-0.3, -0.25) is 4.79 Å². The summed E-state index contributed by atoms with van der Waals surface area (Å²) < 4.78 is 39.1. The summed E-state index contributed by atoms with van der Waals surface area (Å²) in [5.41, 5.74) is -1.86. The predicted octanol–water partition coefficient (Wildman–Crippen LogP) is 1.05. The van der Waals surface area contributed by atoms with Crippen LogP contribution in [-0.2, 0) is 13.2 Å². The Morgan fingerprint density at radius 3 is 2.60 bits per heavy atom. The third-order valence-corrected chi connectivity index (χ3v) is 1.99. The van der Waals surface area contributed by atoms with Crippen molar-refractivity contribution in [3.63, 3.8) is 0 Å². The molecule has 0 fully saturated rings. The van der Waals surface area contributed by atoms with E-state index in [1.807, 2.05) is 0 Å². The minimum absolute atomic E-state index is 0.229. The van der Waals surface area contributed by atoms with E-state index in [-0.39, 0.29) is 5.65 Å². The van der Waals surface area contributed by atoms with Crippen LogP contribution in [0.3, 0.4) is 0 Å². The van der Waals surface area contributed by atoms with Crippen LogP contribution < -0.4 is 5.56 Å². The van der Waals surface area contributed by atoms with E-state index in [0.29, 0.717) is 0 Å². The lowest BCUT2D eigenvalue weighted by atomic mass is 10.5. The normalized spacial score (nSPS) is 12.3. The Morgan fingerprint density at radius 1 is 1.33 bits per heavy atom. The number of alkyl halides is 3. The molecule has 0 saturated heterocycles. The molecule has 0 atom stereocenters. The van der Waals surface area contributed by atoms with Gasteiger partial charge in [0.25, 0.3) is 5.56 Å². The fourth-order valence-corrected chi connectivity index (χ4v) is 1.20. The Kier molecular flexibility index (Phi) is 1.85. The number of imidazole rings is 1. The summed E-state index contributed by atoms with van der Waals surface area (Å²) in [6.45, 7) is 0. The second-order valence-electron chi connectivity index (χ2n) is 3.07. The fourth-order valence-electron chi connectivity index (χ4n) is 1.20. The van der Waals surface area contributed by atoms with E-state index in [1.165, 1.54) is 24.0 Å². The minimum atomic E-state index is -4.53. The largest absolute Gasteiger partial charge is 0.434 e. The third-order valence-electron chi connectivity index (χ3n) is 1.99. The zero-order valence-electron chi connectivity index (χ0n) is 7.62. The lowest BCUT2D eigenvalue weighted by Crippen LogP contribution is -2.18. The van der Waals surface area contributed by atoms with Gasteiger partial charge in [-0.05, 0) is 0 Å². The first-order chi connectivity index (χ1) is 6.89. The van der Waals surface area contributed by atoms with Crippen molar-refractivity contribution in [2.24, 2.45) is 7.05 Å². The number of nitrogens with zero attached hydrogens (tertiary/aromatic N) is 3. The summed E-state index contributed by atoms with van der Waals surface area (Å²) in [7, 11) is 1.45. The van der Waals surface area contributed by atoms with Gasteiger partial charge in [-0.25, -0.2) is 4.98 Å². The zero-order valence-corrected chi connectivity index (χ0v) is 7.62. The van der Waals surface area contributed by atoms with Gasteiger partial charge in [-0.2, -0.15) is 13.2 Å². The highest BCUT2D eigenvalue weighted by atomic mass is 19.4. The average molecular weight is 217 g/mol. The summed E-state index contributed by atoms with van der Waals surface area (Å²) in [5.74, 6) is 0. The number of rotatable bonds is 0. The zero-order chi connectivity index (χ0) is 11.2. The first kappa shape index (κ1) is 9.75. The molecule has 15 heavy (non-hydrogen) atoms. The molecule has 0 saturated carbocycles. The molecule has 0 aliphatic heterocycles. The molecule has 0 radical (unpaired) electrons. The molecule has 0 amide bonds. The molecule has 2 rings (SSSR count). The predicted molar refractivity (Wildman–Crippen MR) is 45.4 cm³/mol. The van der Waals surface area contributed by atoms with Gasteiger partial charge in [0, 0.05) is 25.6 Å². The Balaban J connectivity index is 2.78. The summed E-state index contributed by atoms with van der Waals surface area (Å²) in [6.07, 6.45) is -1.02. The van der Waals surface area contributed by atoms with Gasteiger partial charge in [0.1, 0.15) is 0 Å². The maximum absolute atomic E-state index is 12.3. The van der Waals surface area contributed by atoms with Crippen LogP contribution in [0.25, 0.3) is 5.65 Å². The fraction of sp³-hybridized carbons (Fsp3) is 0.250. The molecule has 7 heteroatoms. The number of hydrogen-bond acceptors (Lipinski definition) is 2. The highest BCUT2D eigenvalue weighted by molar-refractivity contribution is 5.37. The number of aromatic nitrogens is 3. The monoisotopic (exact) mass is 217 g/mol. The van der Waals surface area contributed by atoms with Gasteiger partial charge in [0.15, 0.2) is 5.69 Å². The lowest BCUT2D eigenvalue weighted by Gasteiger charge is -1.98. The second kappa shape index (κ2) is 2.85. The molecule has 0 aromatic carbocycles. The van der Waals surface area contributed by atoms with E-state index in [4.69, 9.17) is 0 Å². The van der Waals surface area contributed by atoms with E-state index in [2.05, 4.69) is 4.98 Å². The Hall–Kier alpha value is -1.79. The Bertz CT molecular complexity index is 566. The molecular formula is C8H6F3N3O. The smallest absolute Gasteiger partial charge is 0.314 e. The van der Waals surface area contributed by atoms with Crippen LogP contribution in [0.1, 0.15) is 5.69 Å². The molecule has 2 aromatic heterocycles. The molecule has 0 aliphatic rings. The second-order valence-corrected chi connectivity index (χ2v) is 3.07. The van der Waals surface area contributed by atoms with E-state index < -0.39 is 17.4 Å². The molecule has 0 spiro atoms. The lowest BCUT2D eigenvalue weighted by molar-refractivity contribution is -0.140. The van der Waals surface area contributed by atoms with Crippen molar-refractivity contribution >= 4 is 5.65 Å². The maximum atomic E-state index is 12.3. The van der Waals surface area contributed by atoms with E-state index in [0.717, 1.165) is 10.6 Å². The standard InChI is InChI=1S/C8H6F3N3O/c1-13-2-3-14-4-5(8(9,10)11)12-6(14)7(13)15/h2-4H,1H3. The molecular weight excluding hydrogens is 211 g/mol. The molecule has 0 N–H and O–H groups in total. The number of halogens is 3. The number of fused-ring (bicyclic) bond motifs is 1. The van der Waals surface area contributed by atoms with Crippen LogP contribution in [0.5, 0.6) is 0 Å². The summed E-state index contributed by atoms with van der Waals surface area (Å²) >= 11 is 0. The summed E-state index contributed by atoms with van der Waals surface area (Å²) in [5, 5.41) is 0. The summed E-state index contributed by atoms with van der Waals surface area (Å²) in [4.78, 5) is 14.6. The summed E-state index contributed by atoms with van der Waals surface area (Å²) in [6, 6.07) is 0. The van der Waals surface area contributed by atoms with Crippen LogP contribution >= 0.6 is 0 Å². The molecule has 0 unspecified atom stereocenters. The quantitative estimate of drug-likeness (QED) is 0.661. The maximum Gasteiger partial charge on any atom is 0.434 e. The number of hydrogen-bond donors (Lipinski definition) is 0. The molecule has 2 heterocycles. The highest BCUT2D eigenvalue weighted by Gasteiger charge is 2.34. The van der Waals surface area contributed by atoms with Gasteiger partial charge in [-0.15, -0.1) is 0 Å². The van der Waals surface area contributed by atoms with Crippen molar-refractivity contribution in [3.8, 4) is 0 Å². The van der Waals surface area contributed by atoms with Gasteiger partial charge in [-0.1, -0.05) is 0 Å². The molecule has 0 aliphatic carbocycles. The molecule has 2 aromatic rings. The minimum Gasteiger partial charge on any atom is -0.314 e. The van der Waals surface area contributed by atoms with Crippen molar-refractivity contribution in [3.05, 3.63) is 34.6 Å². The van der Waals surface area contributed by atoms with Crippen molar-refractivity contribution in [1.82, 2.24) is 14.0 Å². The highest BCUT2D eigenvalue weighted by Crippen LogP contribution is 2.27. The van der Waals surface area contributed by atoms with Gasteiger partial charge < -0.3 is 8.97 Å². The van der Waals surface area contributed by atoms with Crippen molar-refractivity contribution in [2.45, 2.75) is 6.18 Å². The van der Waals surface area contributed by atoms with E-state index >= 15 is 0 Å². The van der Waals surface area contributed by atoms with Gasteiger partial charge in [0.2, 0.25) is 5.65 Å². The molecule has 0 bridgehead atoms. The topological polar surface area (TPSA) is 39.3 Å². The van der Waals surface area contributed by atoms with Crippen LogP contribution in [0, 0.1) is 0 Å². The Labute approximate surface area is 81.6 Å². The van der Waals surface area contributed by atoms with E-state index in [9.17, 15) is 18.0 Å².